The van der Waals surface area contributed by atoms with Crippen LogP contribution in [0.15, 0.2) is 16.9 Å². The molecule has 7 heteroatoms. The number of allylic oxidation sites excluding steroid dienone is 1. The van der Waals surface area contributed by atoms with Crippen LogP contribution in [-0.4, -0.2) is 104 Å². The zero-order valence-corrected chi connectivity index (χ0v) is 27.3. The molecule has 0 spiro atoms. The second kappa shape index (κ2) is 18.0. The SMILES string of the molecule is CC1CC=C(N2CCCCCC2)N=C1N1CCC(NCCN(CCNC2CCCCC2)CCNC2CCCCC2)CC1. The molecule has 4 fully saturated rings. The van der Waals surface area contributed by atoms with Gasteiger partial charge in [0.05, 0.1) is 0 Å². The van der Waals surface area contributed by atoms with Gasteiger partial charge < -0.3 is 25.8 Å². The lowest BCUT2D eigenvalue weighted by atomic mass is 9.95. The highest BCUT2D eigenvalue weighted by Crippen LogP contribution is 2.26. The zero-order valence-electron chi connectivity index (χ0n) is 27.3. The normalized spacial score (nSPS) is 25.9. The molecule has 1 atom stereocenters. The standard InChI is InChI=1S/C35H65N7/c1-30-16-17-34(41-23-10-2-3-11-24-41)39-35(30)42-25-18-33(19-26-42)38-22-29-40(27-20-36-31-12-6-4-7-13-31)28-21-37-32-14-8-5-9-15-32/h17,30-33,36-38H,2-16,18-29H2,1H3. The van der Waals surface area contributed by atoms with Crippen molar-refractivity contribution in [3.8, 4) is 0 Å². The molecule has 0 aromatic carbocycles. The minimum absolute atomic E-state index is 0.545. The monoisotopic (exact) mass is 584 g/mol. The van der Waals surface area contributed by atoms with E-state index in [0.29, 0.717) is 12.0 Å². The predicted octanol–water partition coefficient (Wildman–Crippen LogP) is 5.34. The van der Waals surface area contributed by atoms with Crippen LogP contribution in [0, 0.1) is 5.92 Å². The van der Waals surface area contributed by atoms with E-state index in [4.69, 9.17) is 4.99 Å². The molecule has 5 rings (SSSR count). The van der Waals surface area contributed by atoms with Crippen molar-refractivity contribution in [2.24, 2.45) is 10.9 Å². The smallest absolute Gasteiger partial charge is 0.126 e. The Balaban J connectivity index is 1.03. The second-order valence-corrected chi connectivity index (χ2v) is 14.2. The van der Waals surface area contributed by atoms with Gasteiger partial charge in [-0.15, -0.1) is 0 Å². The fourth-order valence-electron chi connectivity index (χ4n) is 8.08. The number of likely N-dealkylation sites (tertiary alicyclic amines) is 2. The van der Waals surface area contributed by atoms with Crippen LogP contribution >= 0.6 is 0 Å². The molecule has 240 valence electrons. The molecular formula is C35H65N7. The van der Waals surface area contributed by atoms with Crippen molar-refractivity contribution in [3.63, 3.8) is 0 Å². The molecular weight excluding hydrogens is 518 g/mol. The van der Waals surface area contributed by atoms with Gasteiger partial charge in [-0.25, -0.2) is 4.99 Å². The maximum atomic E-state index is 5.28. The second-order valence-electron chi connectivity index (χ2n) is 14.2. The van der Waals surface area contributed by atoms with Gasteiger partial charge in [-0.1, -0.05) is 58.3 Å². The van der Waals surface area contributed by atoms with E-state index in [0.717, 1.165) is 57.8 Å². The van der Waals surface area contributed by atoms with Crippen molar-refractivity contribution < 1.29 is 0 Å². The number of hydrogen-bond acceptors (Lipinski definition) is 7. The van der Waals surface area contributed by atoms with Gasteiger partial charge in [0.25, 0.3) is 0 Å². The van der Waals surface area contributed by atoms with Gasteiger partial charge in [0.1, 0.15) is 11.7 Å². The third kappa shape index (κ3) is 10.5. The average molecular weight is 584 g/mol. The van der Waals surface area contributed by atoms with Crippen LogP contribution in [0.1, 0.15) is 116 Å². The molecule has 42 heavy (non-hydrogen) atoms. The van der Waals surface area contributed by atoms with Gasteiger partial charge in [0, 0.05) is 89.5 Å². The number of piperidine rings is 1. The Hall–Kier alpha value is -1.15. The third-order valence-electron chi connectivity index (χ3n) is 10.9. The largest absolute Gasteiger partial charge is 0.360 e. The maximum Gasteiger partial charge on any atom is 0.126 e. The summed E-state index contributed by atoms with van der Waals surface area (Å²) in [5.74, 6) is 3.17. The van der Waals surface area contributed by atoms with E-state index in [1.165, 1.54) is 141 Å². The lowest BCUT2D eigenvalue weighted by Crippen LogP contribution is -2.49. The highest BCUT2D eigenvalue weighted by Gasteiger charge is 2.27. The molecule has 0 bridgehead atoms. The van der Waals surface area contributed by atoms with E-state index in [2.05, 4.69) is 43.6 Å². The van der Waals surface area contributed by atoms with Gasteiger partial charge >= 0.3 is 0 Å². The molecule has 2 aliphatic carbocycles. The molecule has 2 saturated carbocycles. The van der Waals surface area contributed by atoms with Crippen LogP contribution in [0.25, 0.3) is 0 Å². The predicted molar refractivity (Wildman–Crippen MR) is 178 cm³/mol. The zero-order chi connectivity index (χ0) is 28.8. The van der Waals surface area contributed by atoms with Gasteiger partial charge in [-0.2, -0.15) is 0 Å². The summed E-state index contributed by atoms with van der Waals surface area (Å²) in [6.45, 7) is 13.9. The molecule has 2 saturated heterocycles. The van der Waals surface area contributed by atoms with E-state index in [9.17, 15) is 0 Å². The summed E-state index contributed by atoms with van der Waals surface area (Å²) in [7, 11) is 0. The number of amidine groups is 1. The first kappa shape index (κ1) is 32.2. The summed E-state index contributed by atoms with van der Waals surface area (Å²) in [6.07, 6.45) is 25.5. The summed E-state index contributed by atoms with van der Waals surface area (Å²) < 4.78 is 0. The fourth-order valence-corrected chi connectivity index (χ4v) is 8.08. The summed E-state index contributed by atoms with van der Waals surface area (Å²) in [6, 6.07) is 2.16. The van der Waals surface area contributed by atoms with Gasteiger partial charge in [0.15, 0.2) is 0 Å². The molecule has 0 amide bonds. The minimum Gasteiger partial charge on any atom is -0.360 e. The minimum atomic E-state index is 0.545. The topological polar surface area (TPSA) is 58.2 Å². The maximum absolute atomic E-state index is 5.28. The lowest BCUT2D eigenvalue weighted by molar-refractivity contribution is 0.234. The van der Waals surface area contributed by atoms with Gasteiger partial charge in [-0.3, -0.25) is 4.90 Å². The van der Waals surface area contributed by atoms with E-state index < -0.39 is 0 Å². The molecule has 0 radical (unpaired) electrons. The molecule has 3 N–H and O–H groups in total. The highest BCUT2D eigenvalue weighted by molar-refractivity contribution is 5.86. The van der Waals surface area contributed by atoms with Crippen molar-refractivity contribution in [1.29, 1.82) is 0 Å². The van der Waals surface area contributed by atoms with Crippen LogP contribution in [0.4, 0.5) is 0 Å². The molecule has 3 heterocycles. The molecule has 0 aromatic heterocycles. The number of nitrogens with zero attached hydrogens (tertiary/aromatic N) is 4. The Morgan fingerprint density at radius 2 is 1.10 bits per heavy atom. The Labute approximate surface area is 258 Å². The Bertz CT molecular complexity index is 776. The average Bonchev–Trinajstić information content (AvgIpc) is 3.32. The van der Waals surface area contributed by atoms with Crippen LogP contribution < -0.4 is 16.0 Å². The summed E-state index contributed by atoms with van der Waals surface area (Å²) in [5, 5.41) is 11.7. The third-order valence-corrected chi connectivity index (χ3v) is 10.9. The summed E-state index contributed by atoms with van der Waals surface area (Å²) in [4.78, 5) is 13.2. The first-order valence-corrected chi connectivity index (χ1v) is 18.5. The van der Waals surface area contributed by atoms with E-state index in [1.807, 2.05) is 0 Å². The Morgan fingerprint density at radius 3 is 1.62 bits per heavy atom. The van der Waals surface area contributed by atoms with Crippen molar-refractivity contribution in [2.45, 2.75) is 134 Å². The molecule has 0 aromatic rings. The van der Waals surface area contributed by atoms with Crippen LogP contribution in [0.3, 0.4) is 0 Å². The molecule has 5 aliphatic rings. The lowest BCUT2D eigenvalue weighted by Gasteiger charge is -2.38. The van der Waals surface area contributed by atoms with Crippen LogP contribution in [0.5, 0.6) is 0 Å². The van der Waals surface area contributed by atoms with Crippen LogP contribution in [0.2, 0.25) is 0 Å². The van der Waals surface area contributed by atoms with Crippen LogP contribution in [-0.2, 0) is 0 Å². The number of aliphatic imine (C=N–C) groups is 1. The van der Waals surface area contributed by atoms with Gasteiger partial charge in [0.2, 0.25) is 0 Å². The quantitative estimate of drug-likeness (QED) is 0.272. The molecule has 1 unspecified atom stereocenters. The van der Waals surface area contributed by atoms with Gasteiger partial charge in [-0.05, 0) is 63.9 Å². The summed E-state index contributed by atoms with van der Waals surface area (Å²) >= 11 is 0. The molecule has 3 aliphatic heterocycles. The summed E-state index contributed by atoms with van der Waals surface area (Å²) in [5.41, 5.74) is 0. The van der Waals surface area contributed by atoms with E-state index in [-0.39, 0.29) is 0 Å². The van der Waals surface area contributed by atoms with Crippen molar-refractivity contribution in [1.82, 2.24) is 30.7 Å². The fraction of sp³-hybridized carbons (Fsp3) is 0.914. The first-order chi connectivity index (χ1) is 20.7. The highest BCUT2D eigenvalue weighted by atomic mass is 15.3. The number of hydrogen-bond donors (Lipinski definition) is 3. The molecule has 7 nitrogen and oxygen atoms in total. The number of rotatable bonds is 13. The van der Waals surface area contributed by atoms with Crippen molar-refractivity contribution >= 4 is 5.84 Å². The Morgan fingerprint density at radius 1 is 0.619 bits per heavy atom. The van der Waals surface area contributed by atoms with E-state index in [1.54, 1.807) is 0 Å². The van der Waals surface area contributed by atoms with E-state index >= 15 is 0 Å². The number of nitrogens with one attached hydrogen (secondary N) is 3. The van der Waals surface area contributed by atoms with Crippen molar-refractivity contribution in [2.75, 3.05) is 65.4 Å². The first-order valence-electron chi connectivity index (χ1n) is 18.5. The van der Waals surface area contributed by atoms with Crippen molar-refractivity contribution in [3.05, 3.63) is 11.9 Å². The Kier molecular flexibility index (Phi) is 13.8.